The second kappa shape index (κ2) is 10.2. The number of rotatable bonds is 5. The van der Waals surface area contributed by atoms with Crippen molar-refractivity contribution < 1.29 is 13.9 Å². The van der Waals surface area contributed by atoms with Crippen molar-refractivity contribution in [1.29, 1.82) is 0 Å². The number of nitrogens with one attached hydrogen (secondary N) is 1. The van der Waals surface area contributed by atoms with Gasteiger partial charge in [-0.2, -0.15) is 9.78 Å². The number of carbonyl (C=O) groups excluding carboxylic acids is 1. The molecule has 0 unspecified atom stereocenters. The molecule has 0 fully saturated rings. The molecule has 0 atom stereocenters. The zero-order chi connectivity index (χ0) is 25.1. The Balaban J connectivity index is 1.38. The molecule has 5 nitrogen and oxygen atoms in total. The molecular weight excluding hydrogens is 500 g/mol. The molecule has 4 aromatic carbocycles. The van der Waals surface area contributed by atoms with Crippen molar-refractivity contribution in [3.63, 3.8) is 0 Å². The van der Waals surface area contributed by atoms with Crippen LogP contribution < -0.4 is 10.1 Å². The summed E-state index contributed by atoms with van der Waals surface area (Å²) in [5.74, 6) is 0.911. The van der Waals surface area contributed by atoms with Crippen LogP contribution in [0.4, 0.5) is 14.9 Å². The summed E-state index contributed by atoms with van der Waals surface area (Å²) in [6, 6.07) is 26.7. The standard InChI is InChI=1S/C28H18Cl2FN3O2/c29-20-5-1-19(2-6-20)27-26(18-3-9-22(31)10-4-18)17-34(33-27)28(35)32-23-11-15-25(16-12-23)36-24-13-7-21(30)8-14-24/h1-17H,(H,32,35). The maximum atomic E-state index is 13.5. The number of amides is 1. The Labute approximate surface area is 216 Å². The fourth-order valence-electron chi connectivity index (χ4n) is 3.57. The number of carbonyl (C=O) groups is 1. The Kier molecular flexibility index (Phi) is 6.71. The third-order valence-corrected chi connectivity index (χ3v) is 5.85. The lowest BCUT2D eigenvalue weighted by Gasteiger charge is -2.08. The highest BCUT2D eigenvalue weighted by Crippen LogP contribution is 2.32. The molecule has 1 aromatic heterocycles. The van der Waals surface area contributed by atoms with Crippen molar-refractivity contribution in [3.05, 3.63) is 119 Å². The van der Waals surface area contributed by atoms with E-state index in [1.54, 1.807) is 79.0 Å². The van der Waals surface area contributed by atoms with Gasteiger partial charge in [0.15, 0.2) is 0 Å². The lowest BCUT2D eigenvalue weighted by Crippen LogP contribution is -2.19. The molecule has 8 heteroatoms. The van der Waals surface area contributed by atoms with Crippen molar-refractivity contribution in [3.8, 4) is 33.9 Å². The van der Waals surface area contributed by atoms with Crippen LogP contribution in [0.2, 0.25) is 10.0 Å². The van der Waals surface area contributed by atoms with Gasteiger partial charge in [0.2, 0.25) is 0 Å². The van der Waals surface area contributed by atoms with E-state index in [0.717, 1.165) is 11.1 Å². The minimum atomic E-state index is -0.454. The summed E-state index contributed by atoms with van der Waals surface area (Å²) in [6.07, 6.45) is 1.62. The first-order valence-electron chi connectivity index (χ1n) is 10.9. The summed E-state index contributed by atoms with van der Waals surface area (Å²) >= 11 is 11.9. The molecule has 0 aliphatic rings. The zero-order valence-corrected chi connectivity index (χ0v) is 20.2. The van der Waals surface area contributed by atoms with Gasteiger partial charge >= 0.3 is 6.03 Å². The summed E-state index contributed by atoms with van der Waals surface area (Å²) in [5, 5.41) is 8.56. The van der Waals surface area contributed by atoms with Crippen LogP contribution in [0.1, 0.15) is 0 Å². The molecule has 178 valence electrons. The number of anilines is 1. The highest BCUT2D eigenvalue weighted by molar-refractivity contribution is 6.30. The van der Waals surface area contributed by atoms with Gasteiger partial charge in [0.05, 0.1) is 0 Å². The number of hydrogen-bond acceptors (Lipinski definition) is 3. The second-order valence-electron chi connectivity index (χ2n) is 7.86. The van der Waals surface area contributed by atoms with E-state index in [0.29, 0.717) is 38.5 Å². The second-order valence-corrected chi connectivity index (χ2v) is 8.73. The molecule has 5 aromatic rings. The van der Waals surface area contributed by atoms with Gasteiger partial charge in [-0.1, -0.05) is 47.5 Å². The Bertz CT molecular complexity index is 1440. The van der Waals surface area contributed by atoms with Crippen LogP contribution >= 0.6 is 23.2 Å². The van der Waals surface area contributed by atoms with E-state index in [2.05, 4.69) is 10.4 Å². The van der Waals surface area contributed by atoms with E-state index < -0.39 is 6.03 Å². The van der Waals surface area contributed by atoms with Gasteiger partial charge in [0.1, 0.15) is 23.0 Å². The smallest absolute Gasteiger partial charge is 0.346 e. The molecule has 0 spiro atoms. The van der Waals surface area contributed by atoms with Crippen molar-refractivity contribution >= 4 is 34.9 Å². The van der Waals surface area contributed by atoms with Crippen molar-refractivity contribution in [2.45, 2.75) is 0 Å². The first-order chi connectivity index (χ1) is 17.4. The van der Waals surface area contributed by atoms with E-state index in [1.165, 1.54) is 16.8 Å². The van der Waals surface area contributed by atoms with Crippen LogP contribution in [0.5, 0.6) is 11.5 Å². The summed E-state index contributed by atoms with van der Waals surface area (Å²) in [7, 11) is 0. The van der Waals surface area contributed by atoms with E-state index >= 15 is 0 Å². The maximum Gasteiger partial charge on any atom is 0.346 e. The maximum absolute atomic E-state index is 13.5. The van der Waals surface area contributed by atoms with Crippen LogP contribution in [0, 0.1) is 5.82 Å². The van der Waals surface area contributed by atoms with Gasteiger partial charge in [-0.25, -0.2) is 9.18 Å². The van der Waals surface area contributed by atoms with Gasteiger partial charge in [-0.15, -0.1) is 0 Å². The molecule has 5 rings (SSSR count). The third-order valence-electron chi connectivity index (χ3n) is 5.35. The quantitative estimate of drug-likeness (QED) is 0.254. The number of aromatic nitrogens is 2. The van der Waals surface area contributed by atoms with Crippen molar-refractivity contribution in [1.82, 2.24) is 9.78 Å². The number of ether oxygens (including phenoxy) is 1. The van der Waals surface area contributed by atoms with E-state index in [-0.39, 0.29) is 5.82 Å². The zero-order valence-electron chi connectivity index (χ0n) is 18.7. The van der Waals surface area contributed by atoms with Crippen LogP contribution in [0.3, 0.4) is 0 Å². The fourth-order valence-corrected chi connectivity index (χ4v) is 3.82. The molecular formula is C28H18Cl2FN3O2. The lowest BCUT2D eigenvalue weighted by molar-refractivity contribution is 0.251. The van der Waals surface area contributed by atoms with Gasteiger partial charge in [-0.05, 0) is 78.4 Å². The minimum Gasteiger partial charge on any atom is -0.457 e. The Morgan fingerprint density at radius 1 is 0.750 bits per heavy atom. The van der Waals surface area contributed by atoms with Crippen LogP contribution in [-0.2, 0) is 0 Å². The predicted octanol–water partition coefficient (Wildman–Crippen LogP) is 8.54. The summed E-state index contributed by atoms with van der Waals surface area (Å²) < 4.78 is 20.5. The van der Waals surface area contributed by atoms with Crippen molar-refractivity contribution in [2.24, 2.45) is 0 Å². The van der Waals surface area contributed by atoms with E-state index in [1.807, 2.05) is 12.1 Å². The predicted molar refractivity (Wildman–Crippen MR) is 140 cm³/mol. The molecule has 1 amide bonds. The summed E-state index contributed by atoms with van der Waals surface area (Å²) in [5.41, 5.74) is 3.31. The fraction of sp³-hybridized carbons (Fsp3) is 0. The average molecular weight is 518 g/mol. The van der Waals surface area contributed by atoms with Crippen molar-refractivity contribution in [2.75, 3.05) is 5.32 Å². The number of hydrogen-bond donors (Lipinski definition) is 1. The molecule has 0 radical (unpaired) electrons. The number of halogens is 3. The summed E-state index contributed by atoms with van der Waals surface area (Å²) in [4.78, 5) is 13.0. The van der Waals surface area contributed by atoms with Crippen LogP contribution in [-0.4, -0.2) is 15.8 Å². The number of nitrogens with zero attached hydrogens (tertiary/aromatic N) is 2. The molecule has 36 heavy (non-hydrogen) atoms. The van der Waals surface area contributed by atoms with Gasteiger partial charge in [0, 0.05) is 33.1 Å². The van der Waals surface area contributed by atoms with Gasteiger partial charge < -0.3 is 10.1 Å². The van der Waals surface area contributed by atoms with Gasteiger partial charge in [0.25, 0.3) is 0 Å². The van der Waals surface area contributed by atoms with Gasteiger partial charge in [-0.3, -0.25) is 0 Å². The van der Waals surface area contributed by atoms with E-state index in [9.17, 15) is 9.18 Å². The highest BCUT2D eigenvalue weighted by atomic mass is 35.5. The monoisotopic (exact) mass is 517 g/mol. The Hall–Kier alpha value is -4.13. The van der Waals surface area contributed by atoms with Crippen LogP contribution in [0.25, 0.3) is 22.4 Å². The Morgan fingerprint density at radius 2 is 1.28 bits per heavy atom. The first kappa shape index (κ1) is 23.6. The molecule has 1 heterocycles. The molecule has 0 bridgehead atoms. The highest BCUT2D eigenvalue weighted by Gasteiger charge is 2.17. The van der Waals surface area contributed by atoms with Crippen LogP contribution in [0.15, 0.2) is 103 Å². The molecule has 0 saturated carbocycles. The average Bonchev–Trinajstić information content (AvgIpc) is 3.33. The topological polar surface area (TPSA) is 56.1 Å². The SMILES string of the molecule is O=C(Nc1ccc(Oc2ccc(Cl)cc2)cc1)n1cc(-c2ccc(F)cc2)c(-c2ccc(Cl)cc2)n1. The normalized spacial score (nSPS) is 10.8. The first-order valence-corrected chi connectivity index (χ1v) is 11.7. The molecule has 0 saturated heterocycles. The largest absolute Gasteiger partial charge is 0.457 e. The molecule has 1 N–H and O–H groups in total. The van der Waals surface area contributed by atoms with E-state index in [4.69, 9.17) is 27.9 Å². The number of benzene rings is 4. The molecule has 0 aliphatic heterocycles. The minimum absolute atomic E-state index is 0.347. The summed E-state index contributed by atoms with van der Waals surface area (Å²) in [6.45, 7) is 0. The lowest BCUT2D eigenvalue weighted by atomic mass is 10.0. The molecule has 0 aliphatic carbocycles. The third kappa shape index (κ3) is 5.40. The Morgan fingerprint density at radius 3 is 1.89 bits per heavy atom.